The highest BCUT2D eigenvalue weighted by molar-refractivity contribution is 6.17. The molecular weight excluding hydrogens is 160 g/mol. The molecule has 11 heavy (non-hydrogen) atoms. The number of halogens is 1. The SMILES string of the molecule is ClCC/C=C/C1CCCOC1. The molecule has 0 saturated carbocycles. The second-order valence-electron chi connectivity index (χ2n) is 2.88. The lowest BCUT2D eigenvalue weighted by Gasteiger charge is -2.18. The maximum absolute atomic E-state index is 5.54. The number of ether oxygens (including phenoxy) is 1. The average Bonchev–Trinajstić information content (AvgIpc) is 2.07. The fraction of sp³-hybridized carbons (Fsp3) is 0.778. The predicted octanol–water partition coefficient (Wildman–Crippen LogP) is 2.60. The van der Waals surface area contributed by atoms with Gasteiger partial charge in [-0.2, -0.15) is 0 Å². The standard InChI is InChI=1S/C9H15ClO/c10-6-2-1-4-9-5-3-7-11-8-9/h1,4,9H,2-3,5-8H2/b4-1+. The van der Waals surface area contributed by atoms with E-state index in [-0.39, 0.29) is 0 Å². The van der Waals surface area contributed by atoms with Gasteiger partial charge in [-0.3, -0.25) is 0 Å². The van der Waals surface area contributed by atoms with Gasteiger partial charge in [0, 0.05) is 18.4 Å². The van der Waals surface area contributed by atoms with Gasteiger partial charge >= 0.3 is 0 Å². The van der Waals surface area contributed by atoms with Crippen LogP contribution in [-0.2, 0) is 4.74 Å². The Morgan fingerprint density at radius 1 is 1.55 bits per heavy atom. The third-order valence-corrected chi connectivity index (χ3v) is 2.10. The summed E-state index contributed by atoms with van der Waals surface area (Å²) < 4.78 is 5.33. The van der Waals surface area contributed by atoms with Crippen molar-refractivity contribution in [2.24, 2.45) is 5.92 Å². The largest absolute Gasteiger partial charge is 0.381 e. The molecule has 0 N–H and O–H groups in total. The minimum absolute atomic E-state index is 0.645. The van der Waals surface area contributed by atoms with E-state index in [4.69, 9.17) is 16.3 Å². The van der Waals surface area contributed by atoms with Gasteiger partial charge in [-0.05, 0) is 19.3 Å². The topological polar surface area (TPSA) is 9.23 Å². The summed E-state index contributed by atoms with van der Waals surface area (Å²) in [5.41, 5.74) is 0. The summed E-state index contributed by atoms with van der Waals surface area (Å²) in [7, 11) is 0. The van der Waals surface area contributed by atoms with Crippen LogP contribution in [0.15, 0.2) is 12.2 Å². The summed E-state index contributed by atoms with van der Waals surface area (Å²) in [5, 5.41) is 0. The van der Waals surface area contributed by atoms with Gasteiger partial charge in [-0.1, -0.05) is 12.2 Å². The lowest BCUT2D eigenvalue weighted by molar-refractivity contribution is 0.0709. The smallest absolute Gasteiger partial charge is 0.0528 e. The number of hydrogen-bond acceptors (Lipinski definition) is 1. The second kappa shape index (κ2) is 5.62. The Morgan fingerprint density at radius 2 is 2.45 bits per heavy atom. The zero-order valence-corrected chi connectivity index (χ0v) is 7.52. The summed E-state index contributed by atoms with van der Waals surface area (Å²) in [6.07, 6.45) is 7.86. The molecule has 1 aliphatic rings. The molecule has 1 heterocycles. The van der Waals surface area contributed by atoms with Crippen LogP contribution in [-0.4, -0.2) is 19.1 Å². The Bertz CT molecular complexity index is 117. The number of hydrogen-bond donors (Lipinski definition) is 0. The van der Waals surface area contributed by atoms with Crippen LogP contribution in [0.3, 0.4) is 0 Å². The zero-order chi connectivity index (χ0) is 7.94. The van der Waals surface area contributed by atoms with E-state index >= 15 is 0 Å². The first-order valence-corrected chi connectivity index (χ1v) is 4.77. The van der Waals surface area contributed by atoms with Crippen LogP contribution in [0, 0.1) is 5.92 Å². The predicted molar refractivity (Wildman–Crippen MR) is 48.0 cm³/mol. The van der Waals surface area contributed by atoms with E-state index < -0.39 is 0 Å². The molecule has 0 aromatic carbocycles. The Morgan fingerprint density at radius 3 is 3.09 bits per heavy atom. The maximum Gasteiger partial charge on any atom is 0.0528 e. The fourth-order valence-corrected chi connectivity index (χ4v) is 1.40. The van der Waals surface area contributed by atoms with Crippen LogP contribution in [0.5, 0.6) is 0 Å². The molecule has 1 atom stereocenters. The van der Waals surface area contributed by atoms with Crippen molar-refractivity contribution in [1.82, 2.24) is 0 Å². The van der Waals surface area contributed by atoms with Crippen molar-refractivity contribution in [2.45, 2.75) is 19.3 Å². The summed E-state index contributed by atoms with van der Waals surface area (Å²) in [4.78, 5) is 0. The van der Waals surface area contributed by atoms with E-state index in [1.54, 1.807) is 0 Å². The number of rotatable bonds is 3. The van der Waals surface area contributed by atoms with Crippen molar-refractivity contribution in [3.05, 3.63) is 12.2 Å². The monoisotopic (exact) mass is 174 g/mol. The van der Waals surface area contributed by atoms with Gasteiger partial charge in [0.2, 0.25) is 0 Å². The quantitative estimate of drug-likeness (QED) is 0.472. The van der Waals surface area contributed by atoms with Crippen LogP contribution in [0.25, 0.3) is 0 Å². The van der Waals surface area contributed by atoms with E-state index in [0.29, 0.717) is 5.92 Å². The highest BCUT2D eigenvalue weighted by Crippen LogP contribution is 2.14. The molecule has 64 valence electrons. The van der Waals surface area contributed by atoms with Crippen molar-refractivity contribution in [3.8, 4) is 0 Å². The summed E-state index contributed by atoms with van der Waals surface area (Å²) in [6, 6.07) is 0. The molecule has 1 rings (SSSR count). The van der Waals surface area contributed by atoms with Crippen LogP contribution < -0.4 is 0 Å². The molecule has 0 radical (unpaired) electrons. The molecule has 0 spiro atoms. The van der Waals surface area contributed by atoms with Gasteiger partial charge in [0.25, 0.3) is 0 Å². The highest BCUT2D eigenvalue weighted by atomic mass is 35.5. The van der Waals surface area contributed by atoms with E-state index in [2.05, 4.69) is 12.2 Å². The van der Waals surface area contributed by atoms with Gasteiger partial charge in [0.1, 0.15) is 0 Å². The molecule has 0 aromatic heterocycles. The molecule has 1 unspecified atom stereocenters. The Balaban J connectivity index is 2.13. The normalized spacial score (nSPS) is 26.1. The lowest BCUT2D eigenvalue weighted by atomic mass is 10.0. The minimum Gasteiger partial charge on any atom is -0.381 e. The van der Waals surface area contributed by atoms with Gasteiger partial charge in [0.15, 0.2) is 0 Å². The Kier molecular flexibility index (Phi) is 4.64. The van der Waals surface area contributed by atoms with E-state index in [1.165, 1.54) is 12.8 Å². The first-order valence-electron chi connectivity index (χ1n) is 4.24. The van der Waals surface area contributed by atoms with E-state index in [9.17, 15) is 0 Å². The van der Waals surface area contributed by atoms with Gasteiger partial charge in [-0.25, -0.2) is 0 Å². The van der Waals surface area contributed by atoms with Crippen molar-refractivity contribution in [3.63, 3.8) is 0 Å². The van der Waals surface area contributed by atoms with Crippen LogP contribution in [0.4, 0.5) is 0 Å². The lowest BCUT2D eigenvalue weighted by Crippen LogP contribution is -2.14. The van der Waals surface area contributed by atoms with Crippen molar-refractivity contribution in [2.75, 3.05) is 19.1 Å². The maximum atomic E-state index is 5.54. The fourth-order valence-electron chi connectivity index (χ4n) is 1.27. The Labute approximate surface area is 73.4 Å². The second-order valence-corrected chi connectivity index (χ2v) is 3.26. The summed E-state index contributed by atoms with van der Waals surface area (Å²) >= 11 is 5.54. The molecule has 0 aliphatic carbocycles. The van der Waals surface area contributed by atoms with Crippen molar-refractivity contribution < 1.29 is 4.74 Å². The van der Waals surface area contributed by atoms with Crippen molar-refractivity contribution >= 4 is 11.6 Å². The third-order valence-electron chi connectivity index (χ3n) is 1.88. The highest BCUT2D eigenvalue weighted by Gasteiger charge is 2.09. The number of alkyl halides is 1. The molecule has 0 aromatic rings. The molecule has 2 heteroatoms. The third kappa shape index (κ3) is 3.78. The molecule has 0 bridgehead atoms. The summed E-state index contributed by atoms with van der Waals surface area (Å²) in [6.45, 7) is 1.85. The van der Waals surface area contributed by atoms with E-state index in [1.807, 2.05) is 0 Å². The average molecular weight is 175 g/mol. The van der Waals surface area contributed by atoms with Crippen LogP contribution in [0.2, 0.25) is 0 Å². The van der Waals surface area contributed by atoms with Gasteiger partial charge in [-0.15, -0.1) is 11.6 Å². The first kappa shape index (κ1) is 9.08. The number of allylic oxidation sites excluding steroid dienone is 1. The van der Waals surface area contributed by atoms with Crippen LogP contribution >= 0.6 is 11.6 Å². The molecule has 0 amide bonds. The Hall–Kier alpha value is -0.0100. The van der Waals surface area contributed by atoms with Crippen molar-refractivity contribution in [1.29, 1.82) is 0 Å². The van der Waals surface area contributed by atoms with Gasteiger partial charge < -0.3 is 4.74 Å². The molecule has 1 aliphatic heterocycles. The molecule has 1 fully saturated rings. The molecular formula is C9H15ClO. The molecule has 1 nitrogen and oxygen atoms in total. The first-order chi connectivity index (χ1) is 5.43. The zero-order valence-electron chi connectivity index (χ0n) is 6.76. The minimum atomic E-state index is 0.645. The van der Waals surface area contributed by atoms with E-state index in [0.717, 1.165) is 25.5 Å². The van der Waals surface area contributed by atoms with Crippen LogP contribution in [0.1, 0.15) is 19.3 Å². The molecule has 1 saturated heterocycles. The van der Waals surface area contributed by atoms with Gasteiger partial charge in [0.05, 0.1) is 6.61 Å². The summed E-state index contributed by atoms with van der Waals surface area (Å²) in [5.74, 6) is 1.37.